The molecule has 0 N–H and O–H groups in total. The lowest BCUT2D eigenvalue weighted by atomic mass is 10.3. The molecule has 0 heterocycles. The minimum absolute atomic E-state index is 0.0217. The van der Waals surface area contributed by atoms with E-state index >= 15 is 0 Å². The highest BCUT2D eigenvalue weighted by atomic mass is 16.6. The summed E-state index contributed by atoms with van der Waals surface area (Å²) in [4.78, 5) is 52.5. The van der Waals surface area contributed by atoms with E-state index in [9.17, 15) is 24.0 Å². The van der Waals surface area contributed by atoms with Crippen molar-refractivity contribution in [1.82, 2.24) is 0 Å². The quantitative estimate of drug-likeness (QED) is 0.0510. The summed E-state index contributed by atoms with van der Waals surface area (Å²) in [6, 6.07) is 0. The molecular formula is C104H218O35. The van der Waals surface area contributed by atoms with Gasteiger partial charge in [0.25, 0.3) is 0 Å². The van der Waals surface area contributed by atoms with Gasteiger partial charge in [-0.25, -0.2) is 0 Å². The molecule has 0 amide bonds. The molecule has 844 valence electrons. The van der Waals surface area contributed by atoms with Gasteiger partial charge in [-0.2, -0.15) is 0 Å². The normalized spacial score (nSPS) is 10.6. The smallest absolute Gasteiger partial charge is 0.155 e. The molecule has 0 unspecified atom stereocenters. The monoisotopic (exact) mass is 2030 g/mol. The van der Waals surface area contributed by atoms with E-state index in [0.29, 0.717) is 303 Å². The van der Waals surface area contributed by atoms with E-state index in [2.05, 4.69) is 96.9 Å². The SMILES string of the molecule is CCCOCCC.CCCOCCC(C)=O.CCCOCCOCCC.CCCOCCOCCC(C)=O.CCCOCCOCCOCCC.CCCOCCOCCOCCC(C)=O.CCCOCCOCCOCCOCCC.CCCOCCOCCOCCOCCC(C)=O.CCCOCCOCCOCCOCCOCC(C)=O.CCCOCCOCCOCCOCCOCCC. The Morgan fingerprint density at radius 3 is 0.259 bits per heavy atom. The number of hydrogen-bond acceptors (Lipinski definition) is 35. The maximum Gasteiger partial charge on any atom is 0.155 e. The van der Waals surface area contributed by atoms with Gasteiger partial charge in [-0.1, -0.05) is 104 Å². The maximum atomic E-state index is 10.6. The number of carbonyl (C=O) groups excluding carboxylic acids is 5. The molecule has 35 nitrogen and oxygen atoms in total. The van der Waals surface area contributed by atoms with E-state index in [0.717, 1.165) is 209 Å². The average molecular weight is 2030 g/mol. The molecule has 0 atom stereocenters. The number of hydrogen-bond donors (Lipinski definition) is 0. The van der Waals surface area contributed by atoms with E-state index in [-0.39, 0.29) is 35.5 Å². The lowest BCUT2D eigenvalue weighted by molar-refractivity contribution is -0.122. The Morgan fingerprint density at radius 1 is 0.101 bits per heavy atom. The van der Waals surface area contributed by atoms with Crippen molar-refractivity contribution in [2.24, 2.45) is 0 Å². The lowest BCUT2D eigenvalue weighted by Gasteiger charge is -2.07. The second kappa shape index (κ2) is 166. The Hall–Kier alpha value is -2.85. The molecule has 0 rings (SSSR count). The molecule has 0 aromatic rings. The van der Waals surface area contributed by atoms with E-state index in [1.54, 1.807) is 27.7 Å². The summed E-state index contributed by atoms with van der Waals surface area (Å²) in [5, 5.41) is 0. The number of Topliss-reactive ketones (excluding diaryl/α,β-unsaturated/α-hetero) is 5. The van der Waals surface area contributed by atoms with Crippen molar-refractivity contribution in [3.05, 3.63) is 0 Å². The van der Waals surface area contributed by atoms with Gasteiger partial charge >= 0.3 is 0 Å². The fourth-order valence-electron chi connectivity index (χ4n) is 8.56. The first-order chi connectivity index (χ1) is 67.9. The van der Waals surface area contributed by atoms with Crippen LogP contribution in [0.25, 0.3) is 0 Å². The van der Waals surface area contributed by atoms with Gasteiger partial charge in [0.05, 0.1) is 291 Å². The van der Waals surface area contributed by atoms with Gasteiger partial charge < -0.3 is 142 Å². The van der Waals surface area contributed by atoms with Crippen LogP contribution in [0.15, 0.2) is 0 Å². The molecule has 0 saturated heterocycles. The molecule has 0 spiro atoms. The summed E-state index contributed by atoms with van der Waals surface area (Å²) in [5.74, 6) is 0.697. The van der Waals surface area contributed by atoms with Crippen LogP contribution in [0.5, 0.6) is 0 Å². The van der Waals surface area contributed by atoms with Crippen LogP contribution >= 0.6 is 0 Å². The second-order valence-electron chi connectivity index (χ2n) is 30.3. The Morgan fingerprint density at radius 2 is 0.173 bits per heavy atom. The van der Waals surface area contributed by atoms with Crippen molar-refractivity contribution in [2.45, 2.75) is 260 Å². The minimum atomic E-state index is 0.0217. The minimum Gasteiger partial charge on any atom is -0.381 e. The van der Waals surface area contributed by atoms with E-state index in [1.165, 1.54) is 6.92 Å². The molecule has 0 aromatic heterocycles. The van der Waals surface area contributed by atoms with Crippen LogP contribution in [-0.4, -0.2) is 425 Å². The van der Waals surface area contributed by atoms with E-state index in [4.69, 9.17) is 142 Å². The van der Waals surface area contributed by atoms with Gasteiger partial charge in [-0.3, -0.25) is 24.0 Å². The molecule has 0 radical (unpaired) electrons. The standard InChI is InChI=1S/C14H28O6.C14H30O5.C13H26O5.C12H26O4.C11H22O4.C10H22O3.C9H18O3.C8H18O2.C7H14O2.C6H14O/c1-3-4-16-5-6-17-7-8-18-9-10-19-11-12-20-13-14(2)15;1-3-5-15-7-9-17-11-13-19-14-12-18-10-8-16-6-4-2;1-3-5-15-7-9-17-11-12-18-10-8-16-6-4-13(2)14;1-3-5-13-7-9-15-11-12-16-10-8-14-6-4-2;1-3-5-13-7-9-15-10-8-14-6-4-11(2)12;1-3-5-11-7-9-13-10-8-12-6-4-2;1-3-5-11-7-8-12-6-4-9(2)10;1-3-5-9-7-8-10-6-4-2;1-3-5-9-6-4-7(2)8;1-3-5-7-6-4-2/h3-13H2,1-2H3;3-14H2,1-2H3;3-12H2,1-2H3;3-12H2,1-2H3;3-10H2,1-2H3;3-10H2,1-2H3;3-8H2,1-2H3;3-8H2,1-2H3;3-6H2,1-2H3;3-6H2,1-2H3. The number of ketones is 5. The zero-order valence-electron chi connectivity index (χ0n) is 92.7. The third-order valence-electron chi connectivity index (χ3n) is 15.4. The molecule has 0 aliphatic rings. The van der Waals surface area contributed by atoms with Crippen LogP contribution in [0.4, 0.5) is 0 Å². The third-order valence-corrected chi connectivity index (χ3v) is 15.4. The summed E-state index contributed by atoms with van der Waals surface area (Å²) in [7, 11) is 0. The fourth-order valence-corrected chi connectivity index (χ4v) is 8.56. The number of carbonyl (C=O) groups is 5. The molecule has 0 saturated carbocycles. The third kappa shape index (κ3) is 213. The first-order valence-corrected chi connectivity index (χ1v) is 52.7. The van der Waals surface area contributed by atoms with Gasteiger partial charge in [0.1, 0.15) is 29.7 Å². The van der Waals surface area contributed by atoms with Gasteiger partial charge in [0.2, 0.25) is 0 Å². The zero-order valence-corrected chi connectivity index (χ0v) is 92.7. The first kappa shape index (κ1) is 156. The second-order valence-corrected chi connectivity index (χ2v) is 30.3. The molecular weight excluding hydrogens is 1810 g/mol. The Balaban J connectivity index is -0.000000168. The topological polar surface area (TPSA) is 362 Å². The Labute approximate surface area is 848 Å². The van der Waals surface area contributed by atoms with Crippen LogP contribution < -0.4 is 0 Å². The molecule has 0 bridgehead atoms. The Bertz CT molecular complexity index is 2020. The summed E-state index contributed by atoms with van der Waals surface area (Å²) in [6.45, 7) is 78.2. The van der Waals surface area contributed by atoms with Crippen LogP contribution in [0, 0.1) is 0 Å². The van der Waals surface area contributed by atoms with Crippen molar-refractivity contribution in [1.29, 1.82) is 0 Å². The average Bonchev–Trinajstić information content (AvgIpc) is 1.11. The molecule has 0 aliphatic heterocycles. The first-order valence-electron chi connectivity index (χ1n) is 52.7. The summed E-state index contributed by atoms with van der Waals surface area (Å²) < 4.78 is 157. The van der Waals surface area contributed by atoms with Gasteiger partial charge in [-0.05, 0) is 131 Å². The highest BCUT2D eigenvalue weighted by molar-refractivity contribution is 5.77. The maximum absolute atomic E-state index is 10.6. The number of ether oxygens (including phenoxy) is 30. The zero-order chi connectivity index (χ0) is 105. The molecule has 35 heteroatoms. The predicted octanol–water partition coefficient (Wildman–Crippen LogP) is 16.0. The Kier molecular flexibility index (Phi) is 186. The number of rotatable bonds is 104. The molecule has 0 aromatic carbocycles. The van der Waals surface area contributed by atoms with Crippen LogP contribution in [0.3, 0.4) is 0 Å². The summed E-state index contributed by atoms with van der Waals surface area (Å²) in [5.41, 5.74) is 0. The lowest BCUT2D eigenvalue weighted by Crippen LogP contribution is -2.14. The van der Waals surface area contributed by atoms with Gasteiger partial charge in [0.15, 0.2) is 5.78 Å². The predicted molar refractivity (Wildman–Crippen MR) is 551 cm³/mol. The summed E-state index contributed by atoms with van der Waals surface area (Å²) in [6.07, 6.45) is 18.0. The van der Waals surface area contributed by atoms with Crippen molar-refractivity contribution in [3.8, 4) is 0 Å². The van der Waals surface area contributed by atoms with Gasteiger partial charge in [0, 0.05) is 125 Å². The highest BCUT2D eigenvalue weighted by Crippen LogP contribution is 1.96. The molecule has 139 heavy (non-hydrogen) atoms. The summed E-state index contributed by atoms with van der Waals surface area (Å²) >= 11 is 0. The van der Waals surface area contributed by atoms with Gasteiger partial charge in [-0.15, -0.1) is 0 Å². The van der Waals surface area contributed by atoms with Crippen molar-refractivity contribution < 1.29 is 166 Å². The van der Waals surface area contributed by atoms with Crippen LogP contribution in [0.1, 0.15) is 260 Å². The van der Waals surface area contributed by atoms with Crippen molar-refractivity contribution >= 4 is 28.9 Å². The van der Waals surface area contributed by atoms with Crippen LogP contribution in [-0.2, 0) is 166 Å². The molecule has 0 aliphatic carbocycles. The molecule has 0 fully saturated rings. The van der Waals surface area contributed by atoms with E-state index in [1.807, 2.05) is 6.92 Å². The van der Waals surface area contributed by atoms with Crippen molar-refractivity contribution in [3.63, 3.8) is 0 Å². The fraction of sp³-hybridized carbons (Fsp3) is 0.952. The largest absolute Gasteiger partial charge is 0.381 e. The van der Waals surface area contributed by atoms with Crippen LogP contribution in [0.2, 0.25) is 0 Å². The van der Waals surface area contributed by atoms with Crippen molar-refractivity contribution in [2.75, 3.05) is 396 Å². The van der Waals surface area contributed by atoms with E-state index < -0.39 is 0 Å². The highest BCUT2D eigenvalue weighted by Gasteiger charge is 2.03.